The molecular formula is C14H12O4S. The maximum absolute atomic E-state index is 11.9. The Morgan fingerprint density at radius 2 is 1.84 bits per heavy atom. The molecule has 3 N–H and O–H groups in total. The monoisotopic (exact) mass is 276 g/mol. The van der Waals surface area contributed by atoms with Gasteiger partial charge in [-0.25, -0.2) is 0 Å². The fourth-order valence-corrected chi connectivity index (χ4v) is 2.34. The van der Waals surface area contributed by atoms with Gasteiger partial charge in [-0.3, -0.25) is 4.79 Å². The van der Waals surface area contributed by atoms with Gasteiger partial charge in [0.1, 0.15) is 0 Å². The first-order chi connectivity index (χ1) is 8.99. The van der Waals surface area contributed by atoms with E-state index in [1.165, 1.54) is 12.1 Å². The highest BCUT2D eigenvalue weighted by molar-refractivity contribution is 7.12. The number of benzene rings is 1. The molecule has 0 radical (unpaired) electrons. The predicted octanol–water partition coefficient (Wildman–Crippen LogP) is 3.07. The molecule has 0 fully saturated rings. The number of phenols is 3. The van der Waals surface area contributed by atoms with Crippen LogP contribution in [0.15, 0.2) is 30.3 Å². The van der Waals surface area contributed by atoms with Crippen molar-refractivity contribution in [3.8, 4) is 17.2 Å². The van der Waals surface area contributed by atoms with Crippen molar-refractivity contribution in [1.82, 2.24) is 0 Å². The number of rotatable bonds is 3. The van der Waals surface area contributed by atoms with Crippen molar-refractivity contribution in [2.75, 3.05) is 0 Å². The number of aryl methyl sites for hydroxylation is 1. The number of thiophene rings is 1. The molecule has 0 saturated heterocycles. The maximum atomic E-state index is 11.9. The van der Waals surface area contributed by atoms with Crippen LogP contribution in [-0.4, -0.2) is 21.1 Å². The lowest BCUT2D eigenvalue weighted by Gasteiger charge is -2.04. The number of carbonyl (C=O) groups excluding carboxylic acids is 1. The van der Waals surface area contributed by atoms with E-state index in [0.717, 1.165) is 15.8 Å². The molecule has 1 heterocycles. The Labute approximate surface area is 113 Å². The molecule has 0 amide bonds. The van der Waals surface area contributed by atoms with E-state index in [0.29, 0.717) is 0 Å². The number of ketones is 1. The van der Waals surface area contributed by atoms with Crippen LogP contribution in [0.4, 0.5) is 0 Å². The molecule has 1 aromatic heterocycles. The first-order valence-electron chi connectivity index (χ1n) is 5.52. The third kappa shape index (κ3) is 2.77. The van der Waals surface area contributed by atoms with E-state index in [4.69, 9.17) is 0 Å². The van der Waals surface area contributed by atoms with Gasteiger partial charge in [0.2, 0.25) is 5.75 Å². The lowest BCUT2D eigenvalue weighted by Crippen LogP contribution is -1.94. The summed E-state index contributed by atoms with van der Waals surface area (Å²) >= 11 is 1.54. The molecule has 1 aromatic carbocycles. The number of hydrogen-bond acceptors (Lipinski definition) is 5. The fraction of sp³-hybridized carbons (Fsp3) is 0.0714. The smallest absolute Gasteiger partial charge is 0.201 e. The summed E-state index contributed by atoms with van der Waals surface area (Å²) in [6.07, 6.45) is 2.96. The molecule has 2 rings (SSSR count). The van der Waals surface area contributed by atoms with Crippen molar-refractivity contribution >= 4 is 23.2 Å². The Hall–Kier alpha value is -2.27. The summed E-state index contributed by atoms with van der Waals surface area (Å²) in [6, 6.07) is 6.25. The van der Waals surface area contributed by atoms with E-state index in [1.807, 2.05) is 19.1 Å². The van der Waals surface area contributed by atoms with E-state index in [9.17, 15) is 20.1 Å². The summed E-state index contributed by atoms with van der Waals surface area (Å²) in [5.74, 6) is -2.21. The molecular weight excluding hydrogens is 264 g/mol. The van der Waals surface area contributed by atoms with Crippen molar-refractivity contribution in [3.05, 3.63) is 45.7 Å². The van der Waals surface area contributed by atoms with Crippen LogP contribution in [0.2, 0.25) is 0 Å². The first kappa shape index (κ1) is 13.2. The molecule has 0 unspecified atom stereocenters. The Bertz CT molecular complexity index is 655. The molecule has 4 nitrogen and oxygen atoms in total. The molecule has 2 aromatic rings. The highest BCUT2D eigenvalue weighted by atomic mass is 32.1. The molecule has 19 heavy (non-hydrogen) atoms. The van der Waals surface area contributed by atoms with Gasteiger partial charge in [0, 0.05) is 9.75 Å². The third-order valence-corrected chi connectivity index (χ3v) is 3.52. The Morgan fingerprint density at radius 3 is 2.47 bits per heavy atom. The number of allylic oxidation sites excluding steroid dienone is 1. The van der Waals surface area contributed by atoms with Crippen LogP contribution in [0.3, 0.4) is 0 Å². The molecule has 0 bridgehead atoms. The third-order valence-electron chi connectivity index (χ3n) is 2.56. The van der Waals surface area contributed by atoms with E-state index in [2.05, 4.69) is 0 Å². The number of hydrogen-bond donors (Lipinski definition) is 3. The number of aromatic hydroxyl groups is 3. The summed E-state index contributed by atoms with van der Waals surface area (Å²) in [4.78, 5) is 13.9. The van der Waals surface area contributed by atoms with Crippen molar-refractivity contribution in [2.24, 2.45) is 0 Å². The highest BCUT2D eigenvalue weighted by Crippen LogP contribution is 2.37. The normalized spacial score (nSPS) is 11.0. The zero-order valence-corrected chi connectivity index (χ0v) is 10.9. The van der Waals surface area contributed by atoms with E-state index < -0.39 is 23.0 Å². The molecule has 0 atom stereocenters. The van der Waals surface area contributed by atoms with Gasteiger partial charge in [-0.15, -0.1) is 11.3 Å². The second-order valence-electron chi connectivity index (χ2n) is 3.98. The molecule has 0 saturated carbocycles. The Morgan fingerprint density at radius 1 is 1.11 bits per heavy atom. The van der Waals surface area contributed by atoms with Crippen molar-refractivity contribution in [3.63, 3.8) is 0 Å². The minimum atomic E-state index is -0.689. The standard InChI is InChI=1S/C14H12O4S/c1-8-2-3-9(19-8)4-6-11(15)10-5-7-12(16)14(18)13(10)17/h2-7,16-18H,1H3/b6-4+. The predicted molar refractivity (Wildman–Crippen MR) is 73.9 cm³/mol. The van der Waals surface area contributed by atoms with Gasteiger partial charge < -0.3 is 15.3 Å². The van der Waals surface area contributed by atoms with Gasteiger partial charge in [0.05, 0.1) is 5.56 Å². The summed E-state index contributed by atoms with van der Waals surface area (Å²) < 4.78 is 0. The van der Waals surface area contributed by atoms with Crippen LogP contribution in [0, 0.1) is 6.92 Å². The van der Waals surface area contributed by atoms with Crippen LogP contribution in [0.25, 0.3) is 6.08 Å². The van der Waals surface area contributed by atoms with Gasteiger partial charge in [-0.05, 0) is 43.3 Å². The second-order valence-corrected chi connectivity index (χ2v) is 5.29. The van der Waals surface area contributed by atoms with Crippen molar-refractivity contribution in [1.29, 1.82) is 0 Å². The van der Waals surface area contributed by atoms with E-state index in [-0.39, 0.29) is 5.56 Å². The Kier molecular flexibility index (Phi) is 3.57. The fourth-order valence-electron chi connectivity index (χ4n) is 1.56. The molecule has 98 valence electrons. The molecule has 0 aliphatic carbocycles. The molecule has 0 aliphatic rings. The number of carbonyl (C=O) groups is 1. The van der Waals surface area contributed by atoms with Crippen molar-refractivity contribution in [2.45, 2.75) is 6.92 Å². The average molecular weight is 276 g/mol. The van der Waals surface area contributed by atoms with Gasteiger partial charge in [0.15, 0.2) is 17.3 Å². The summed E-state index contributed by atoms with van der Waals surface area (Å²) in [7, 11) is 0. The summed E-state index contributed by atoms with van der Waals surface area (Å²) in [5, 5.41) is 28.1. The quantitative estimate of drug-likeness (QED) is 0.457. The zero-order chi connectivity index (χ0) is 14.0. The van der Waals surface area contributed by atoms with Gasteiger partial charge in [-0.1, -0.05) is 0 Å². The minimum absolute atomic E-state index is 0.0557. The molecule has 5 heteroatoms. The molecule has 0 aliphatic heterocycles. The summed E-state index contributed by atoms with van der Waals surface area (Å²) in [5.41, 5.74) is -0.0557. The van der Waals surface area contributed by atoms with E-state index in [1.54, 1.807) is 17.4 Å². The highest BCUT2D eigenvalue weighted by Gasteiger charge is 2.15. The maximum Gasteiger partial charge on any atom is 0.201 e. The lowest BCUT2D eigenvalue weighted by molar-refractivity contribution is 0.104. The van der Waals surface area contributed by atoms with Crippen LogP contribution in [0.1, 0.15) is 20.1 Å². The van der Waals surface area contributed by atoms with Gasteiger partial charge in [-0.2, -0.15) is 0 Å². The Balaban J connectivity index is 2.26. The SMILES string of the molecule is Cc1ccc(/C=C/C(=O)c2ccc(O)c(O)c2O)s1. The van der Waals surface area contributed by atoms with E-state index >= 15 is 0 Å². The van der Waals surface area contributed by atoms with Crippen molar-refractivity contribution < 1.29 is 20.1 Å². The first-order valence-corrected chi connectivity index (χ1v) is 6.33. The number of phenolic OH excluding ortho intramolecular Hbond substituents is 3. The summed E-state index contributed by atoms with van der Waals surface area (Å²) in [6.45, 7) is 1.97. The largest absolute Gasteiger partial charge is 0.504 e. The van der Waals surface area contributed by atoms with Crippen LogP contribution in [0.5, 0.6) is 17.2 Å². The van der Waals surface area contributed by atoms with Gasteiger partial charge in [0.25, 0.3) is 0 Å². The van der Waals surface area contributed by atoms with Crippen LogP contribution < -0.4 is 0 Å². The zero-order valence-electron chi connectivity index (χ0n) is 10.1. The van der Waals surface area contributed by atoms with Crippen LogP contribution >= 0.6 is 11.3 Å². The average Bonchev–Trinajstić information content (AvgIpc) is 2.79. The minimum Gasteiger partial charge on any atom is -0.504 e. The second kappa shape index (κ2) is 5.16. The molecule has 0 spiro atoms. The lowest BCUT2D eigenvalue weighted by atomic mass is 10.1. The van der Waals surface area contributed by atoms with Gasteiger partial charge >= 0.3 is 0 Å². The topological polar surface area (TPSA) is 77.8 Å². The van der Waals surface area contributed by atoms with Crippen LogP contribution in [-0.2, 0) is 0 Å².